The minimum absolute atomic E-state index is 0.242. The third-order valence-corrected chi connectivity index (χ3v) is 4.99. The first kappa shape index (κ1) is 18.0. The van der Waals surface area contributed by atoms with Crippen molar-refractivity contribution in [1.82, 2.24) is 5.32 Å². The minimum atomic E-state index is -0.259. The van der Waals surface area contributed by atoms with Crippen LogP contribution in [0.2, 0.25) is 0 Å². The van der Waals surface area contributed by atoms with Gasteiger partial charge >= 0.3 is 6.03 Å². The largest absolute Gasteiger partial charge is 0.367 e. The van der Waals surface area contributed by atoms with E-state index in [0.717, 1.165) is 23.2 Å². The molecule has 0 saturated carbocycles. The van der Waals surface area contributed by atoms with E-state index in [2.05, 4.69) is 41.5 Å². The molecule has 4 heteroatoms. The zero-order chi connectivity index (χ0) is 19.3. The number of urea groups is 1. The van der Waals surface area contributed by atoms with Crippen LogP contribution >= 0.6 is 0 Å². The van der Waals surface area contributed by atoms with E-state index in [0.29, 0.717) is 12.4 Å². The number of carbonyl (C=O) groups excluding carboxylic acids is 1. The van der Waals surface area contributed by atoms with Crippen LogP contribution in [0.3, 0.4) is 0 Å². The van der Waals surface area contributed by atoms with Crippen molar-refractivity contribution >= 4 is 17.6 Å². The number of amides is 2. The molecule has 0 saturated heterocycles. The Balaban J connectivity index is 1.65. The highest BCUT2D eigenvalue weighted by Crippen LogP contribution is 2.33. The number of anilines is 1. The van der Waals surface area contributed by atoms with E-state index in [1.807, 2.05) is 60.7 Å². The average Bonchev–Trinajstić information content (AvgIpc) is 3.09. The zero-order valence-electron chi connectivity index (χ0n) is 15.9. The van der Waals surface area contributed by atoms with E-state index < -0.39 is 0 Å². The standard InChI is InChI=1S/C24H23N3O/c1-2-18-13-15-21(16-14-18)27-22(20-11-7-4-8-12-20)23(26-24(27)28)25-17-19-9-5-3-6-10-19/h3-16,22H,2,17H2,1H3,(H,25,26,28). The molecular weight excluding hydrogens is 346 g/mol. The molecule has 0 bridgehead atoms. The molecule has 1 unspecified atom stereocenters. The monoisotopic (exact) mass is 369 g/mol. The Kier molecular flexibility index (Phi) is 5.20. The van der Waals surface area contributed by atoms with Gasteiger partial charge in [0.15, 0.2) is 0 Å². The summed E-state index contributed by atoms with van der Waals surface area (Å²) in [6, 6.07) is 27.8. The molecule has 1 heterocycles. The third-order valence-electron chi connectivity index (χ3n) is 4.99. The van der Waals surface area contributed by atoms with Crippen molar-refractivity contribution < 1.29 is 4.79 Å². The Bertz CT molecular complexity index is 966. The number of nitrogens with one attached hydrogen (secondary N) is 1. The molecule has 1 aliphatic rings. The van der Waals surface area contributed by atoms with Gasteiger partial charge in [0.1, 0.15) is 11.9 Å². The summed E-state index contributed by atoms with van der Waals surface area (Å²) in [6.07, 6.45) is 0.969. The fourth-order valence-electron chi connectivity index (χ4n) is 3.47. The number of carbonyl (C=O) groups is 1. The molecule has 4 nitrogen and oxygen atoms in total. The molecule has 0 radical (unpaired) electrons. The topological polar surface area (TPSA) is 44.7 Å². The molecule has 140 valence electrons. The quantitative estimate of drug-likeness (QED) is 0.678. The smallest absolute Gasteiger partial charge is 0.350 e. The number of aryl methyl sites for hydroxylation is 1. The first-order valence-corrected chi connectivity index (χ1v) is 9.59. The Morgan fingerprint density at radius 3 is 2.14 bits per heavy atom. The van der Waals surface area contributed by atoms with Crippen LogP contribution in [0.4, 0.5) is 10.5 Å². The van der Waals surface area contributed by atoms with E-state index in [1.54, 1.807) is 4.90 Å². The molecule has 28 heavy (non-hydrogen) atoms. The Morgan fingerprint density at radius 1 is 0.857 bits per heavy atom. The maximum Gasteiger partial charge on any atom is 0.350 e. The van der Waals surface area contributed by atoms with Crippen LogP contribution < -0.4 is 10.2 Å². The fraction of sp³-hybridized carbons (Fsp3) is 0.167. The van der Waals surface area contributed by atoms with Gasteiger partial charge < -0.3 is 5.32 Å². The number of rotatable bonds is 5. The van der Waals surface area contributed by atoms with Gasteiger partial charge in [-0.05, 0) is 35.2 Å². The first-order chi connectivity index (χ1) is 13.8. The lowest BCUT2D eigenvalue weighted by atomic mass is 10.0. The summed E-state index contributed by atoms with van der Waals surface area (Å²) < 4.78 is 0. The fourth-order valence-corrected chi connectivity index (χ4v) is 3.47. The lowest BCUT2D eigenvalue weighted by molar-refractivity contribution is 0.255. The van der Waals surface area contributed by atoms with Crippen molar-refractivity contribution in [3.63, 3.8) is 0 Å². The van der Waals surface area contributed by atoms with E-state index in [1.165, 1.54) is 5.56 Å². The van der Waals surface area contributed by atoms with Crippen molar-refractivity contribution in [3.8, 4) is 0 Å². The highest BCUT2D eigenvalue weighted by atomic mass is 16.2. The molecule has 0 spiro atoms. The summed E-state index contributed by atoms with van der Waals surface area (Å²) >= 11 is 0. The van der Waals surface area contributed by atoms with Crippen LogP contribution in [-0.2, 0) is 13.0 Å². The molecule has 1 aliphatic heterocycles. The summed E-state index contributed by atoms with van der Waals surface area (Å²) in [5.74, 6) is 0.680. The summed E-state index contributed by atoms with van der Waals surface area (Å²) in [5.41, 5.74) is 4.29. The summed E-state index contributed by atoms with van der Waals surface area (Å²) in [5, 5.41) is 3.39. The van der Waals surface area contributed by atoms with Gasteiger partial charge in [-0.25, -0.2) is 4.79 Å². The van der Waals surface area contributed by atoms with Crippen LogP contribution in [0.5, 0.6) is 0 Å². The number of hydrogen-bond acceptors (Lipinski definition) is 2. The van der Waals surface area contributed by atoms with Crippen molar-refractivity contribution in [3.05, 3.63) is 102 Å². The molecule has 2 amide bonds. The average molecular weight is 369 g/mol. The zero-order valence-corrected chi connectivity index (χ0v) is 15.9. The highest BCUT2D eigenvalue weighted by Gasteiger charge is 2.37. The molecular formula is C24H23N3O. The molecule has 4 rings (SSSR count). The third kappa shape index (κ3) is 3.67. The van der Waals surface area contributed by atoms with E-state index in [4.69, 9.17) is 0 Å². The normalized spacial score (nSPS) is 16.2. The second kappa shape index (κ2) is 8.09. The highest BCUT2D eigenvalue weighted by molar-refractivity contribution is 6.13. The predicted octanol–water partition coefficient (Wildman–Crippen LogP) is 5.12. The maximum atomic E-state index is 12.8. The number of benzene rings is 3. The van der Waals surface area contributed by atoms with Crippen molar-refractivity contribution in [2.75, 3.05) is 4.90 Å². The van der Waals surface area contributed by atoms with Crippen molar-refractivity contribution in [1.29, 1.82) is 0 Å². The van der Waals surface area contributed by atoms with Gasteiger partial charge in [0.25, 0.3) is 0 Å². The van der Waals surface area contributed by atoms with Crippen molar-refractivity contribution in [2.24, 2.45) is 4.99 Å². The second-order valence-corrected chi connectivity index (χ2v) is 6.82. The summed E-state index contributed by atoms with van der Waals surface area (Å²) in [7, 11) is 0. The maximum absolute atomic E-state index is 12.8. The van der Waals surface area contributed by atoms with E-state index in [9.17, 15) is 4.79 Å². The van der Waals surface area contributed by atoms with Crippen LogP contribution in [0.15, 0.2) is 89.9 Å². The first-order valence-electron chi connectivity index (χ1n) is 9.59. The summed E-state index contributed by atoms with van der Waals surface area (Å²) in [6.45, 7) is 2.75. The van der Waals surface area contributed by atoms with Gasteiger partial charge in [-0.15, -0.1) is 0 Å². The van der Waals surface area contributed by atoms with Crippen molar-refractivity contribution in [2.45, 2.75) is 25.9 Å². The lowest BCUT2D eigenvalue weighted by Crippen LogP contribution is -2.36. The predicted molar refractivity (Wildman–Crippen MR) is 114 cm³/mol. The molecule has 0 fully saturated rings. The Hall–Kier alpha value is -3.40. The molecule has 1 atom stereocenters. The Labute approximate surface area is 165 Å². The van der Waals surface area contributed by atoms with Crippen LogP contribution in [0, 0.1) is 0 Å². The number of amidine groups is 1. The van der Waals surface area contributed by atoms with E-state index >= 15 is 0 Å². The molecule has 0 aromatic heterocycles. The van der Waals surface area contributed by atoms with Gasteiger partial charge in [-0.1, -0.05) is 79.7 Å². The van der Waals surface area contributed by atoms with Crippen LogP contribution in [0.1, 0.15) is 29.7 Å². The Morgan fingerprint density at radius 2 is 1.50 bits per heavy atom. The summed E-state index contributed by atoms with van der Waals surface area (Å²) in [4.78, 5) is 19.0. The van der Waals surface area contributed by atoms with E-state index in [-0.39, 0.29) is 12.1 Å². The number of nitrogens with zero attached hydrogens (tertiary/aromatic N) is 2. The SMILES string of the molecule is CCc1ccc(N2C(=O)N=C(NCc3ccccc3)C2c2ccccc2)cc1. The van der Waals surface area contributed by atoms with Gasteiger partial charge in [-0.3, -0.25) is 4.90 Å². The second-order valence-electron chi connectivity index (χ2n) is 6.82. The lowest BCUT2D eigenvalue weighted by Gasteiger charge is -2.26. The van der Waals surface area contributed by atoms with Gasteiger partial charge in [0.05, 0.1) is 0 Å². The van der Waals surface area contributed by atoms with Crippen LogP contribution in [-0.4, -0.2) is 11.9 Å². The van der Waals surface area contributed by atoms with Gasteiger partial charge in [-0.2, -0.15) is 4.99 Å². The molecule has 0 aliphatic carbocycles. The minimum Gasteiger partial charge on any atom is -0.367 e. The number of hydrogen-bond donors (Lipinski definition) is 1. The molecule has 3 aromatic carbocycles. The van der Waals surface area contributed by atoms with Gasteiger partial charge in [0.2, 0.25) is 0 Å². The molecule has 1 N–H and O–H groups in total. The number of aliphatic imine (C=N–C) groups is 1. The van der Waals surface area contributed by atoms with Crippen LogP contribution in [0.25, 0.3) is 0 Å². The van der Waals surface area contributed by atoms with Gasteiger partial charge in [0, 0.05) is 12.2 Å². The molecule has 3 aromatic rings.